The van der Waals surface area contributed by atoms with Crippen molar-refractivity contribution in [2.24, 2.45) is 5.92 Å². The van der Waals surface area contributed by atoms with Gasteiger partial charge in [-0.15, -0.1) is 0 Å². The Hall–Kier alpha value is -5.06. The summed E-state index contributed by atoms with van der Waals surface area (Å²) in [7, 11) is 4.44. The number of benzene rings is 2. The van der Waals surface area contributed by atoms with Crippen LogP contribution in [0.4, 0.5) is 11.9 Å². The van der Waals surface area contributed by atoms with Gasteiger partial charge in [0.1, 0.15) is 17.6 Å². The van der Waals surface area contributed by atoms with E-state index < -0.39 is 0 Å². The summed E-state index contributed by atoms with van der Waals surface area (Å²) in [4.78, 5) is 30.1. The Kier molecular flexibility index (Phi) is 16.2. The number of unbranched alkanes of at least 4 members (excludes halogenated alkanes) is 2. The molecule has 6 heterocycles. The quantitative estimate of drug-likeness (QED) is 0.0747. The van der Waals surface area contributed by atoms with Gasteiger partial charge in [0, 0.05) is 94.5 Å². The van der Waals surface area contributed by atoms with Crippen molar-refractivity contribution in [3.05, 3.63) is 72.1 Å². The van der Waals surface area contributed by atoms with Crippen LogP contribution in [-0.2, 0) is 17.8 Å². The highest BCUT2D eigenvalue weighted by molar-refractivity contribution is 5.92. The number of fused-ring (bicyclic) bond motifs is 2. The Morgan fingerprint density at radius 2 is 1.19 bits per heavy atom. The van der Waals surface area contributed by atoms with Gasteiger partial charge in [0.15, 0.2) is 11.3 Å². The van der Waals surface area contributed by atoms with E-state index in [9.17, 15) is 0 Å². The second kappa shape index (κ2) is 23.5. The predicted molar refractivity (Wildman–Crippen MR) is 298 cm³/mol. The maximum Gasteiger partial charge on any atom is 0.224 e. The smallest absolute Gasteiger partial charge is 0.224 e. The second-order valence-corrected chi connectivity index (χ2v) is 23.1. The molecular weight excluding hydrogens is 921 g/mol. The molecule has 3 saturated carbocycles. The zero-order valence-corrected chi connectivity index (χ0v) is 45.3. The standard InChI is InChI=1S/C59H84N14O/c1-6-7-9-13-41(2)62-58-60-36-51-55(46-22-18-43(19-23-46)38-70-33-30-68(4)31-34-70)67-73(56(51)64-58)49-26-28-50(29-27-49)74-53-40-69(5)32-35-71(53)39-44-20-24-47(25-21-44)54-52-37-61-59(63-42(3)45-14-12-15-45)65-57(52)72(66-54)48-16-10-8-11-17-48/h18-25,36-37,41-42,45,48-50,53H,6-17,26-35,38-40H2,1-5H3,(H,60,62,64)(H,61,63,65). The van der Waals surface area contributed by atoms with Crippen LogP contribution in [0, 0.1) is 5.92 Å². The van der Waals surface area contributed by atoms with Gasteiger partial charge in [0.25, 0.3) is 0 Å². The molecule has 6 aromatic rings. The van der Waals surface area contributed by atoms with E-state index in [0.29, 0.717) is 30.0 Å². The minimum atomic E-state index is 0.0223. The van der Waals surface area contributed by atoms with Crippen molar-refractivity contribution >= 4 is 34.0 Å². The van der Waals surface area contributed by atoms with Crippen molar-refractivity contribution in [2.45, 2.75) is 173 Å². The third-order valence-electron chi connectivity index (χ3n) is 17.5. The van der Waals surface area contributed by atoms with Gasteiger partial charge in [-0.3, -0.25) is 9.80 Å². The van der Waals surface area contributed by atoms with Crippen LogP contribution in [0.2, 0.25) is 0 Å². The van der Waals surface area contributed by atoms with Gasteiger partial charge in [-0.25, -0.2) is 19.3 Å². The van der Waals surface area contributed by atoms with Crippen molar-refractivity contribution in [3.63, 3.8) is 0 Å². The molecule has 2 N–H and O–H groups in total. The first-order valence-corrected chi connectivity index (χ1v) is 28.9. The van der Waals surface area contributed by atoms with Crippen LogP contribution in [0.5, 0.6) is 0 Å². The molecule has 2 saturated heterocycles. The number of nitrogens with one attached hydrogen (secondary N) is 2. The fraction of sp³-hybridized carbons (Fsp3) is 0.627. The average molecular weight is 1010 g/mol. The van der Waals surface area contributed by atoms with Gasteiger partial charge < -0.3 is 25.2 Å². The number of ether oxygens (including phenoxy) is 1. The highest BCUT2D eigenvalue weighted by atomic mass is 16.5. The first-order chi connectivity index (χ1) is 36.2. The Morgan fingerprint density at radius 1 is 0.608 bits per heavy atom. The lowest BCUT2D eigenvalue weighted by Gasteiger charge is -2.42. The van der Waals surface area contributed by atoms with Crippen LogP contribution in [0.1, 0.15) is 147 Å². The summed E-state index contributed by atoms with van der Waals surface area (Å²) in [5.41, 5.74) is 8.69. The number of hydrogen-bond donors (Lipinski definition) is 2. The van der Waals surface area contributed by atoms with Gasteiger partial charge in [-0.2, -0.15) is 20.2 Å². The molecule has 0 amide bonds. The molecule has 0 bridgehead atoms. The highest BCUT2D eigenvalue weighted by Gasteiger charge is 2.33. The number of likely N-dealkylation sites (N-methyl/N-ethyl adjacent to an activating group) is 2. The Balaban J connectivity index is 0.766. The van der Waals surface area contributed by atoms with Gasteiger partial charge in [0.2, 0.25) is 11.9 Å². The molecule has 396 valence electrons. The molecule has 15 nitrogen and oxygen atoms in total. The number of aromatic nitrogens is 8. The van der Waals surface area contributed by atoms with E-state index in [1.165, 1.54) is 68.9 Å². The molecule has 74 heavy (non-hydrogen) atoms. The lowest BCUT2D eigenvalue weighted by molar-refractivity contribution is -0.141. The molecule has 11 rings (SSSR count). The predicted octanol–water partition coefficient (Wildman–Crippen LogP) is 10.8. The number of nitrogens with zero attached hydrogens (tertiary/aromatic N) is 12. The number of hydrogen-bond acceptors (Lipinski definition) is 13. The summed E-state index contributed by atoms with van der Waals surface area (Å²) in [6.07, 6.45) is 22.9. The van der Waals surface area contributed by atoms with E-state index in [0.717, 1.165) is 154 Å². The average Bonchev–Trinajstić information content (AvgIpc) is 3.97. The van der Waals surface area contributed by atoms with E-state index in [-0.39, 0.29) is 18.4 Å². The van der Waals surface area contributed by atoms with Gasteiger partial charge >= 0.3 is 0 Å². The number of rotatable bonds is 19. The minimum Gasteiger partial charge on any atom is -0.359 e. The number of anilines is 2. The third kappa shape index (κ3) is 11.8. The molecule has 0 radical (unpaired) electrons. The molecule has 4 aromatic heterocycles. The zero-order valence-electron chi connectivity index (χ0n) is 45.3. The van der Waals surface area contributed by atoms with Crippen LogP contribution >= 0.6 is 0 Å². The van der Waals surface area contributed by atoms with Crippen LogP contribution in [0.15, 0.2) is 60.9 Å². The minimum absolute atomic E-state index is 0.0223. The molecule has 5 aliphatic rings. The van der Waals surface area contributed by atoms with E-state index in [4.69, 9.17) is 34.9 Å². The SMILES string of the molecule is CCCCCC(C)Nc1ncc2c(-c3ccc(CN4CCN(C)CC4)cc3)nn(C3CCC(OC4CN(C)CCN4Cc4ccc(-c5nn(C6CCCCC6)c6nc(NC(C)C7CCC7)ncc56)cc4)CC3)c2n1. The fourth-order valence-corrected chi connectivity index (χ4v) is 12.4. The number of piperazine rings is 2. The van der Waals surface area contributed by atoms with E-state index in [1.807, 2.05) is 12.4 Å². The maximum atomic E-state index is 7.15. The zero-order chi connectivity index (χ0) is 50.5. The highest BCUT2D eigenvalue weighted by Crippen LogP contribution is 2.38. The Bertz CT molecular complexity index is 2750. The molecule has 2 aromatic carbocycles. The summed E-state index contributed by atoms with van der Waals surface area (Å²) in [6.45, 7) is 15.9. The van der Waals surface area contributed by atoms with Gasteiger partial charge in [0.05, 0.1) is 29.0 Å². The van der Waals surface area contributed by atoms with Crippen molar-refractivity contribution in [1.82, 2.24) is 59.1 Å². The first kappa shape index (κ1) is 51.1. The van der Waals surface area contributed by atoms with Gasteiger partial charge in [-0.1, -0.05) is 100 Å². The Labute approximate surface area is 440 Å². The monoisotopic (exact) mass is 1000 g/mol. The molecule has 2 aliphatic heterocycles. The molecule has 0 spiro atoms. The van der Waals surface area contributed by atoms with Crippen LogP contribution in [0.25, 0.3) is 44.6 Å². The summed E-state index contributed by atoms with van der Waals surface area (Å²) < 4.78 is 11.6. The molecule has 3 atom stereocenters. The van der Waals surface area contributed by atoms with E-state index >= 15 is 0 Å². The van der Waals surface area contributed by atoms with Gasteiger partial charge in [-0.05, 0) is 103 Å². The van der Waals surface area contributed by atoms with Crippen LogP contribution in [0.3, 0.4) is 0 Å². The molecular formula is C59H84N14O. The fourth-order valence-electron chi connectivity index (χ4n) is 12.4. The summed E-state index contributed by atoms with van der Waals surface area (Å²) in [6, 6.07) is 19.4. The maximum absolute atomic E-state index is 7.15. The van der Waals surface area contributed by atoms with Crippen LogP contribution < -0.4 is 10.6 Å². The lowest BCUT2D eigenvalue weighted by atomic mass is 9.80. The lowest BCUT2D eigenvalue weighted by Crippen LogP contribution is -2.53. The topological polar surface area (TPSA) is 133 Å². The van der Waals surface area contributed by atoms with Crippen molar-refractivity contribution < 1.29 is 4.74 Å². The summed E-state index contributed by atoms with van der Waals surface area (Å²) >= 11 is 0. The molecule has 5 fully saturated rings. The summed E-state index contributed by atoms with van der Waals surface area (Å²) in [5.74, 6) is 2.12. The largest absolute Gasteiger partial charge is 0.359 e. The summed E-state index contributed by atoms with van der Waals surface area (Å²) in [5, 5.41) is 20.1. The normalized spacial score (nSPS) is 23.1. The van der Waals surface area contributed by atoms with Crippen molar-refractivity contribution in [3.8, 4) is 22.5 Å². The molecule has 3 unspecified atom stereocenters. The van der Waals surface area contributed by atoms with Crippen molar-refractivity contribution in [2.75, 3.05) is 70.5 Å². The Morgan fingerprint density at radius 3 is 1.78 bits per heavy atom. The van der Waals surface area contributed by atoms with E-state index in [2.05, 4.69) is 123 Å². The van der Waals surface area contributed by atoms with E-state index in [1.54, 1.807) is 0 Å². The molecule has 15 heteroatoms. The second-order valence-electron chi connectivity index (χ2n) is 23.1. The van der Waals surface area contributed by atoms with Crippen molar-refractivity contribution in [1.29, 1.82) is 0 Å². The first-order valence-electron chi connectivity index (χ1n) is 28.9. The molecule has 3 aliphatic carbocycles. The third-order valence-corrected chi connectivity index (χ3v) is 17.5. The van der Waals surface area contributed by atoms with Crippen LogP contribution in [-0.4, -0.2) is 143 Å².